The number of carbonyl (C=O) groups is 1. The lowest BCUT2D eigenvalue weighted by molar-refractivity contribution is 0.102. The van der Waals surface area contributed by atoms with E-state index in [1.165, 1.54) is 4.88 Å². The number of aliphatic imine (C=N–C) groups is 1. The summed E-state index contributed by atoms with van der Waals surface area (Å²) in [6.45, 7) is 6.90. The van der Waals surface area contributed by atoms with Crippen LogP contribution < -0.4 is 14.8 Å². The van der Waals surface area contributed by atoms with Crippen LogP contribution in [0.3, 0.4) is 0 Å². The third kappa shape index (κ3) is 5.02. The quantitative estimate of drug-likeness (QED) is 0.393. The van der Waals surface area contributed by atoms with Crippen molar-refractivity contribution >= 4 is 34.1 Å². The van der Waals surface area contributed by atoms with Gasteiger partial charge in [0.2, 0.25) is 0 Å². The summed E-state index contributed by atoms with van der Waals surface area (Å²) >= 11 is 1.63. The number of nitrogens with one attached hydrogen (secondary N) is 1. The van der Waals surface area contributed by atoms with Crippen molar-refractivity contribution in [3.05, 3.63) is 70.1 Å². The van der Waals surface area contributed by atoms with Crippen LogP contribution in [0.15, 0.2) is 53.5 Å². The standard InChI is InChI=1S/C28H32N2O3S/c1-28(2,3)19-14-15-21-23(16-19)34-27(24(21)26(31)30-20-11-7-6-8-12-20)29-17-18-10-9-13-22(32-4)25(18)33-5/h6-13,17,19H,14-16H2,1-5H3,(H,30,31)/t19-/m1/s1. The third-order valence-corrected chi connectivity index (χ3v) is 7.65. The van der Waals surface area contributed by atoms with Gasteiger partial charge in [-0.1, -0.05) is 45.0 Å². The Bertz CT molecular complexity index is 1190. The number of thiophene rings is 1. The zero-order valence-electron chi connectivity index (χ0n) is 20.5. The summed E-state index contributed by atoms with van der Waals surface area (Å²) in [5, 5.41) is 3.80. The lowest BCUT2D eigenvalue weighted by Crippen LogP contribution is -2.27. The molecular weight excluding hydrogens is 444 g/mol. The van der Waals surface area contributed by atoms with Crippen molar-refractivity contribution in [2.45, 2.75) is 40.0 Å². The Labute approximate surface area is 205 Å². The van der Waals surface area contributed by atoms with Gasteiger partial charge < -0.3 is 14.8 Å². The average molecular weight is 477 g/mol. The maximum Gasteiger partial charge on any atom is 0.259 e. The summed E-state index contributed by atoms with van der Waals surface area (Å²) in [6.07, 6.45) is 4.71. The van der Waals surface area contributed by atoms with Crippen LogP contribution in [0.2, 0.25) is 0 Å². The van der Waals surface area contributed by atoms with Crippen LogP contribution in [0.5, 0.6) is 11.5 Å². The maximum absolute atomic E-state index is 13.5. The number of methoxy groups -OCH3 is 2. The molecule has 0 radical (unpaired) electrons. The topological polar surface area (TPSA) is 59.9 Å². The lowest BCUT2D eigenvalue weighted by Gasteiger charge is -2.33. The van der Waals surface area contributed by atoms with Gasteiger partial charge in [-0.15, -0.1) is 11.3 Å². The number of anilines is 1. The molecule has 3 aromatic rings. The van der Waals surface area contributed by atoms with Gasteiger partial charge in [0.25, 0.3) is 5.91 Å². The summed E-state index contributed by atoms with van der Waals surface area (Å²) in [7, 11) is 3.23. The van der Waals surface area contributed by atoms with Gasteiger partial charge in [0.05, 0.1) is 19.8 Å². The first-order valence-corrected chi connectivity index (χ1v) is 12.4. The monoisotopic (exact) mass is 476 g/mol. The Morgan fingerprint density at radius 2 is 1.85 bits per heavy atom. The molecule has 0 aliphatic heterocycles. The van der Waals surface area contributed by atoms with E-state index in [0.29, 0.717) is 23.0 Å². The number of hydrogen-bond acceptors (Lipinski definition) is 5. The fraction of sp³-hybridized carbons (Fsp3) is 0.357. The molecule has 0 bridgehead atoms. The minimum Gasteiger partial charge on any atom is -0.493 e. The molecule has 1 aromatic heterocycles. The molecule has 1 heterocycles. The van der Waals surface area contributed by atoms with Crippen molar-refractivity contribution in [3.63, 3.8) is 0 Å². The Balaban J connectivity index is 1.74. The van der Waals surface area contributed by atoms with Crippen molar-refractivity contribution in [3.8, 4) is 11.5 Å². The smallest absolute Gasteiger partial charge is 0.259 e. The molecule has 0 saturated heterocycles. The van der Waals surface area contributed by atoms with Crippen molar-refractivity contribution in [1.82, 2.24) is 0 Å². The SMILES string of the molecule is COc1cccc(C=Nc2sc3c(c2C(=O)Nc2ccccc2)CC[C@@H](C(C)(C)C)C3)c1OC. The molecule has 5 nitrogen and oxygen atoms in total. The van der Waals surface area contributed by atoms with Gasteiger partial charge in [-0.3, -0.25) is 4.79 Å². The molecule has 34 heavy (non-hydrogen) atoms. The highest BCUT2D eigenvalue weighted by molar-refractivity contribution is 7.16. The van der Waals surface area contributed by atoms with E-state index in [4.69, 9.17) is 14.5 Å². The van der Waals surface area contributed by atoms with E-state index in [-0.39, 0.29) is 11.3 Å². The van der Waals surface area contributed by atoms with Gasteiger partial charge in [0.1, 0.15) is 5.00 Å². The van der Waals surface area contributed by atoms with Gasteiger partial charge in [-0.05, 0) is 60.4 Å². The van der Waals surface area contributed by atoms with Crippen LogP contribution in [-0.4, -0.2) is 26.3 Å². The summed E-state index contributed by atoms with van der Waals surface area (Å²) in [5.41, 5.74) is 3.64. The van der Waals surface area contributed by atoms with E-state index >= 15 is 0 Å². The number of nitrogens with zero attached hydrogens (tertiary/aromatic N) is 1. The molecule has 2 aromatic carbocycles. The number of hydrogen-bond donors (Lipinski definition) is 1. The number of carbonyl (C=O) groups excluding carboxylic acids is 1. The summed E-state index contributed by atoms with van der Waals surface area (Å²) in [4.78, 5) is 19.5. The zero-order chi connectivity index (χ0) is 24.3. The second kappa shape index (κ2) is 10.0. The maximum atomic E-state index is 13.5. The molecule has 1 N–H and O–H groups in total. The first-order valence-electron chi connectivity index (χ1n) is 11.6. The summed E-state index contributed by atoms with van der Waals surface area (Å²) in [6, 6.07) is 15.3. The van der Waals surface area contributed by atoms with E-state index in [9.17, 15) is 4.79 Å². The van der Waals surface area contributed by atoms with E-state index in [0.717, 1.165) is 41.1 Å². The normalized spacial score (nSPS) is 15.7. The van der Waals surface area contributed by atoms with Gasteiger partial charge in [-0.25, -0.2) is 4.99 Å². The van der Waals surface area contributed by atoms with Gasteiger partial charge in [0, 0.05) is 22.3 Å². The molecule has 0 fully saturated rings. The molecule has 0 saturated carbocycles. The van der Waals surface area contributed by atoms with E-state index in [2.05, 4.69) is 26.1 Å². The molecule has 1 amide bonds. The van der Waals surface area contributed by atoms with Gasteiger partial charge in [0.15, 0.2) is 11.5 Å². The third-order valence-electron chi connectivity index (χ3n) is 6.48. The van der Waals surface area contributed by atoms with Crippen molar-refractivity contribution < 1.29 is 14.3 Å². The van der Waals surface area contributed by atoms with Crippen LogP contribution in [0.1, 0.15) is 53.6 Å². The first-order chi connectivity index (χ1) is 16.3. The number of rotatable bonds is 6. The van der Waals surface area contributed by atoms with E-state index in [1.54, 1.807) is 31.8 Å². The van der Waals surface area contributed by atoms with Gasteiger partial charge in [-0.2, -0.15) is 0 Å². The predicted octanol–water partition coefficient (Wildman–Crippen LogP) is 6.92. The highest BCUT2D eigenvalue weighted by Gasteiger charge is 2.33. The van der Waals surface area contributed by atoms with Gasteiger partial charge >= 0.3 is 0 Å². The average Bonchev–Trinajstić information content (AvgIpc) is 3.20. The fourth-order valence-electron chi connectivity index (χ4n) is 4.49. The Morgan fingerprint density at radius 3 is 2.53 bits per heavy atom. The van der Waals surface area contributed by atoms with Crippen molar-refractivity contribution in [2.24, 2.45) is 16.3 Å². The second-order valence-electron chi connectivity index (χ2n) is 9.65. The molecule has 6 heteroatoms. The first kappa shape index (κ1) is 24.0. The number of ether oxygens (including phenoxy) is 2. The van der Waals surface area contributed by atoms with Crippen molar-refractivity contribution in [2.75, 3.05) is 19.5 Å². The zero-order valence-corrected chi connectivity index (χ0v) is 21.3. The second-order valence-corrected chi connectivity index (χ2v) is 10.7. The van der Waals surface area contributed by atoms with Crippen molar-refractivity contribution in [1.29, 1.82) is 0 Å². The molecule has 0 spiro atoms. The van der Waals surface area contributed by atoms with Crippen LogP contribution in [0, 0.1) is 11.3 Å². The predicted molar refractivity (Wildman–Crippen MR) is 140 cm³/mol. The summed E-state index contributed by atoms with van der Waals surface area (Å²) in [5.74, 6) is 1.74. The molecule has 4 rings (SSSR count). The highest BCUT2D eigenvalue weighted by atomic mass is 32.1. The largest absolute Gasteiger partial charge is 0.493 e. The van der Waals surface area contributed by atoms with Crippen LogP contribution >= 0.6 is 11.3 Å². The minimum atomic E-state index is -0.109. The fourth-order valence-corrected chi connectivity index (χ4v) is 5.76. The molecule has 1 atom stereocenters. The number of fused-ring (bicyclic) bond motifs is 1. The Hall–Kier alpha value is -3.12. The Kier molecular flexibility index (Phi) is 7.08. The number of para-hydroxylation sites is 2. The molecule has 0 unspecified atom stereocenters. The minimum absolute atomic E-state index is 0.109. The number of amides is 1. The highest BCUT2D eigenvalue weighted by Crippen LogP contribution is 2.45. The number of benzene rings is 2. The van der Waals surface area contributed by atoms with Crippen LogP contribution in [0.25, 0.3) is 0 Å². The molecule has 1 aliphatic rings. The van der Waals surface area contributed by atoms with Crippen LogP contribution in [-0.2, 0) is 12.8 Å². The molecule has 1 aliphatic carbocycles. The van der Waals surface area contributed by atoms with Crippen LogP contribution in [0.4, 0.5) is 10.7 Å². The lowest BCUT2D eigenvalue weighted by atomic mass is 9.72. The van der Waals surface area contributed by atoms with E-state index < -0.39 is 0 Å². The molecule has 178 valence electrons. The summed E-state index contributed by atoms with van der Waals surface area (Å²) < 4.78 is 11.0. The Morgan fingerprint density at radius 1 is 1.09 bits per heavy atom. The molecular formula is C28H32N2O3S. The van der Waals surface area contributed by atoms with E-state index in [1.807, 2.05) is 48.5 Å².